The van der Waals surface area contributed by atoms with E-state index >= 15 is 0 Å². The summed E-state index contributed by atoms with van der Waals surface area (Å²) in [5.74, 6) is 0.373. The lowest BCUT2D eigenvalue weighted by atomic mass is 10.0. The molecule has 1 amide bonds. The summed E-state index contributed by atoms with van der Waals surface area (Å²) in [6, 6.07) is 5.78. The number of carbonyl (C=O) groups is 1. The third kappa shape index (κ3) is 20.2. The number of hydrogen-bond donors (Lipinski definition) is 0. The minimum Gasteiger partial charge on any atom is -0.744 e. The zero-order chi connectivity index (χ0) is 30.4. The first-order valence-corrected chi connectivity index (χ1v) is 18.1. The van der Waals surface area contributed by atoms with Crippen molar-refractivity contribution in [1.82, 2.24) is 4.90 Å². The second-order valence-electron chi connectivity index (χ2n) is 12.8. The predicted octanol–water partition coefficient (Wildman–Crippen LogP) is 8.24. The van der Waals surface area contributed by atoms with Crippen molar-refractivity contribution in [3.8, 4) is 0 Å². The van der Waals surface area contributed by atoms with Crippen molar-refractivity contribution in [2.24, 2.45) is 0 Å². The van der Waals surface area contributed by atoms with Crippen LogP contribution in [0.3, 0.4) is 0 Å². The second-order valence-corrected chi connectivity index (χ2v) is 14.2. The summed E-state index contributed by atoms with van der Waals surface area (Å²) in [4.78, 5) is 13.6. The molecule has 0 radical (unpaired) electrons. The Morgan fingerprint density at radius 2 is 1.17 bits per heavy atom. The van der Waals surface area contributed by atoms with E-state index in [1.54, 1.807) is 12.1 Å². The maximum Gasteiger partial charge on any atom is 0.222 e. The molecular formula is C34H62N2O4S. The van der Waals surface area contributed by atoms with Gasteiger partial charge in [-0.15, -0.1) is 0 Å². The van der Waals surface area contributed by atoms with Gasteiger partial charge in [0, 0.05) is 25.9 Å². The van der Waals surface area contributed by atoms with Crippen LogP contribution in [0.1, 0.15) is 134 Å². The van der Waals surface area contributed by atoms with E-state index < -0.39 is 10.1 Å². The summed E-state index contributed by atoms with van der Waals surface area (Å²) >= 11 is 0. The van der Waals surface area contributed by atoms with E-state index in [-0.39, 0.29) is 4.90 Å². The molecule has 1 aliphatic rings. The maximum absolute atomic E-state index is 11.7. The average Bonchev–Trinajstić information content (AvgIpc) is 3.32. The zero-order valence-electron chi connectivity index (χ0n) is 27.0. The number of quaternary nitrogens is 1. The summed E-state index contributed by atoms with van der Waals surface area (Å²) in [6.07, 6.45) is 26.0. The molecule has 1 heterocycles. The Labute approximate surface area is 253 Å². The second kappa shape index (κ2) is 22.1. The molecule has 1 aliphatic heterocycles. The van der Waals surface area contributed by atoms with Crippen molar-refractivity contribution in [3.63, 3.8) is 0 Å². The summed E-state index contributed by atoms with van der Waals surface area (Å²) in [5.41, 5.74) is 0.928. The highest BCUT2D eigenvalue weighted by Gasteiger charge is 2.21. The molecule has 0 N–H and O–H groups in total. The van der Waals surface area contributed by atoms with Gasteiger partial charge in [0.2, 0.25) is 5.91 Å². The lowest BCUT2D eigenvalue weighted by Gasteiger charge is -2.30. The molecule has 1 aromatic rings. The van der Waals surface area contributed by atoms with Crippen molar-refractivity contribution < 1.29 is 22.2 Å². The van der Waals surface area contributed by atoms with Crippen molar-refractivity contribution in [2.75, 3.05) is 40.3 Å². The molecule has 0 aliphatic carbocycles. The molecule has 0 unspecified atom stereocenters. The highest BCUT2D eigenvalue weighted by Crippen LogP contribution is 2.15. The summed E-state index contributed by atoms with van der Waals surface area (Å²) < 4.78 is 32.3. The van der Waals surface area contributed by atoms with Gasteiger partial charge in [0.1, 0.15) is 10.1 Å². The lowest BCUT2D eigenvalue weighted by Crippen LogP contribution is -2.42. The first kappa shape index (κ1) is 37.6. The third-order valence-electron chi connectivity index (χ3n) is 8.29. The van der Waals surface area contributed by atoms with Crippen LogP contribution in [0.5, 0.6) is 0 Å². The van der Waals surface area contributed by atoms with Crippen LogP contribution in [0.25, 0.3) is 0 Å². The smallest absolute Gasteiger partial charge is 0.222 e. The maximum atomic E-state index is 11.7. The number of hydrogen-bond acceptors (Lipinski definition) is 4. The lowest BCUT2D eigenvalue weighted by molar-refractivity contribution is -0.890. The Morgan fingerprint density at radius 3 is 1.59 bits per heavy atom. The number of unbranched alkanes of at least 4 members (excludes halogenated alkanes) is 15. The van der Waals surface area contributed by atoms with E-state index in [1.807, 2.05) is 6.92 Å². The van der Waals surface area contributed by atoms with Gasteiger partial charge in [-0.2, -0.15) is 0 Å². The van der Waals surface area contributed by atoms with Crippen LogP contribution in [0.15, 0.2) is 29.2 Å². The number of benzene rings is 1. The molecule has 7 heteroatoms. The molecule has 2 rings (SSSR count). The van der Waals surface area contributed by atoms with Crippen LogP contribution >= 0.6 is 0 Å². The highest BCUT2D eigenvalue weighted by molar-refractivity contribution is 7.85. The topological polar surface area (TPSA) is 77.5 Å². The first-order chi connectivity index (χ1) is 19.5. The fourth-order valence-corrected chi connectivity index (χ4v) is 6.00. The largest absolute Gasteiger partial charge is 0.744 e. The van der Waals surface area contributed by atoms with Crippen LogP contribution in [0.2, 0.25) is 0 Å². The molecule has 0 bridgehead atoms. The Hall–Kier alpha value is -1.44. The van der Waals surface area contributed by atoms with Gasteiger partial charge in [0.05, 0.1) is 32.1 Å². The van der Waals surface area contributed by atoms with Gasteiger partial charge >= 0.3 is 0 Å². The van der Waals surface area contributed by atoms with Crippen LogP contribution in [0, 0.1) is 6.92 Å². The Bertz CT molecular complexity index is 900. The van der Waals surface area contributed by atoms with Gasteiger partial charge in [0.15, 0.2) is 0 Å². The van der Waals surface area contributed by atoms with Gasteiger partial charge in [-0.05, 0) is 38.3 Å². The van der Waals surface area contributed by atoms with Crippen LogP contribution in [0.4, 0.5) is 0 Å². The monoisotopic (exact) mass is 594 g/mol. The van der Waals surface area contributed by atoms with Gasteiger partial charge < -0.3 is 13.9 Å². The Morgan fingerprint density at radius 1 is 0.732 bits per heavy atom. The molecule has 6 nitrogen and oxygen atoms in total. The number of rotatable bonds is 22. The Kier molecular flexibility index (Phi) is 20.3. The van der Waals surface area contributed by atoms with Gasteiger partial charge in [0.25, 0.3) is 0 Å². The number of aryl methyl sites for hydroxylation is 1. The fourth-order valence-electron chi connectivity index (χ4n) is 5.53. The number of likely N-dealkylation sites (tertiary alicyclic amines) is 1. The number of amides is 1. The SMILES string of the molecule is CCCCCCCCCCCCCCCCCC[N+](C)(C)CCCN1CCCC1=O.Cc1ccc(S(=O)(=O)[O-])cc1. The van der Waals surface area contributed by atoms with Gasteiger partial charge in [-0.25, -0.2) is 8.42 Å². The molecule has 41 heavy (non-hydrogen) atoms. The van der Waals surface area contributed by atoms with Crippen molar-refractivity contribution in [3.05, 3.63) is 29.8 Å². The van der Waals surface area contributed by atoms with Crippen LogP contribution in [-0.2, 0) is 14.9 Å². The molecule has 1 fully saturated rings. The van der Waals surface area contributed by atoms with Crippen LogP contribution in [-0.4, -0.2) is 68.5 Å². The molecule has 0 aromatic heterocycles. The quantitative estimate of drug-likeness (QED) is 0.0769. The Balaban J connectivity index is 0.000000634. The van der Waals surface area contributed by atoms with E-state index in [0.717, 1.165) is 42.4 Å². The standard InChI is InChI=1S/C27H55N2O.C7H8O3S/c1-4-5-6-7-8-9-10-11-12-13-14-15-16-17-18-19-25-29(2,3)26-21-24-28-23-20-22-27(28)30;1-6-2-4-7(5-3-6)11(8,9)10/h4-26H2,1-3H3;2-5H,1H3,(H,8,9,10)/q+1;/p-1. The zero-order valence-corrected chi connectivity index (χ0v) is 27.8. The molecule has 0 atom stereocenters. The van der Waals surface area contributed by atoms with E-state index in [9.17, 15) is 17.8 Å². The average molecular weight is 595 g/mol. The highest BCUT2D eigenvalue weighted by atomic mass is 32.2. The molecule has 1 saturated heterocycles. The fraction of sp³-hybridized carbons (Fsp3) is 0.794. The van der Waals surface area contributed by atoms with Crippen molar-refractivity contribution >= 4 is 16.0 Å². The normalized spacial score (nSPS) is 13.9. The summed E-state index contributed by atoms with van der Waals surface area (Å²) in [6.45, 7) is 8.56. The molecule has 0 spiro atoms. The minimum absolute atomic E-state index is 0.178. The van der Waals surface area contributed by atoms with Crippen molar-refractivity contribution in [1.29, 1.82) is 0 Å². The summed E-state index contributed by atoms with van der Waals surface area (Å²) in [7, 11) is 0.447. The number of nitrogens with zero attached hydrogens (tertiary/aromatic N) is 2. The van der Waals surface area contributed by atoms with Crippen molar-refractivity contribution in [2.45, 2.75) is 141 Å². The minimum atomic E-state index is -4.27. The molecular weight excluding hydrogens is 532 g/mol. The van der Waals surface area contributed by atoms with E-state index in [2.05, 4.69) is 25.9 Å². The van der Waals surface area contributed by atoms with E-state index in [1.165, 1.54) is 128 Å². The van der Waals surface area contributed by atoms with Crippen LogP contribution < -0.4 is 0 Å². The molecule has 1 aromatic carbocycles. The molecule has 238 valence electrons. The third-order valence-corrected chi connectivity index (χ3v) is 9.14. The first-order valence-electron chi connectivity index (χ1n) is 16.7. The number of carbonyl (C=O) groups excluding carboxylic acids is 1. The van der Waals surface area contributed by atoms with Gasteiger partial charge in [-0.1, -0.05) is 115 Å². The summed E-state index contributed by atoms with van der Waals surface area (Å²) in [5, 5.41) is 0. The predicted molar refractivity (Wildman–Crippen MR) is 171 cm³/mol. The van der Waals surface area contributed by atoms with Gasteiger partial charge in [-0.3, -0.25) is 4.79 Å². The van der Waals surface area contributed by atoms with E-state index in [0.29, 0.717) is 5.91 Å². The van der Waals surface area contributed by atoms with E-state index in [4.69, 9.17) is 0 Å². The molecule has 0 saturated carbocycles.